The van der Waals surface area contributed by atoms with Crippen molar-refractivity contribution in [3.05, 3.63) is 80.0 Å². The Balaban J connectivity index is 1.80. The van der Waals surface area contributed by atoms with Crippen molar-refractivity contribution in [2.45, 2.75) is 32.4 Å². The molecule has 1 amide bonds. The molecule has 1 aliphatic heterocycles. The van der Waals surface area contributed by atoms with Crippen molar-refractivity contribution in [1.29, 1.82) is 0 Å². The predicted octanol–water partition coefficient (Wildman–Crippen LogP) is 2.10. The zero-order valence-corrected chi connectivity index (χ0v) is 20.0. The molecule has 11 heteroatoms. The first-order chi connectivity index (χ1) is 17.3. The van der Waals surface area contributed by atoms with Gasteiger partial charge in [0.1, 0.15) is 5.56 Å². The van der Waals surface area contributed by atoms with Crippen LogP contribution in [0.2, 0.25) is 0 Å². The number of hydrazone groups is 1. The number of aromatic hydroxyl groups is 2. The lowest BCUT2D eigenvalue weighted by Gasteiger charge is -2.23. The van der Waals surface area contributed by atoms with E-state index in [1.165, 1.54) is 19.2 Å². The first-order valence-corrected chi connectivity index (χ1v) is 11.2. The molecule has 0 bridgehead atoms. The normalized spacial score (nSPS) is 15.0. The quantitative estimate of drug-likeness (QED) is 0.456. The molecule has 2 heterocycles. The number of phenols is 1. The third kappa shape index (κ3) is 4.42. The number of nitrogens with zero attached hydrogens (tertiary/aromatic N) is 3. The van der Waals surface area contributed by atoms with Crippen LogP contribution in [0.15, 0.2) is 57.2 Å². The topological polar surface area (TPSA) is 146 Å². The van der Waals surface area contributed by atoms with Crippen molar-refractivity contribution in [2.24, 2.45) is 5.10 Å². The molecule has 0 spiro atoms. The summed E-state index contributed by atoms with van der Waals surface area (Å²) in [5, 5.41) is 26.9. The van der Waals surface area contributed by atoms with E-state index in [2.05, 4.69) is 10.1 Å². The number of benzene rings is 2. The van der Waals surface area contributed by atoms with Gasteiger partial charge in [-0.15, -0.1) is 0 Å². The molecule has 0 saturated heterocycles. The minimum absolute atomic E-state index is 0.0238. The Morgan fingerprint density at radius 3 is 2.33 bits per heavy atom. The highest BCUT2D eigenvalue weighted by Gasteiger charge is 2.36. The van der Waals surface area contributed by atoms with E-state index in [9.17, 15) is 24.6 Å². The van der Waals surface area contributed by atoms with Crippen molar-refractivity contribution in [1.82, 2.24) is 14.6 Å². The Morgan fingerprint density at radius 1 is 1.11 bits per heavy atom. The van der Waals surface area contributed by atoms with Crippen LogP contribution >= 0.6 is 0 Å². The summed E-state index contributed by atoms with van der Waals surface area (Å²) in [5.74, 6) is -0.790. The molecule has 0 unspecified atom stereocenters. The predicted molar refractivity (Wildman–Crippen MR) is 131 cm³/mol. The number of rotatable bonds is 7. The van der Waals surface area contributed by atoms with Crippen molar-refractivity contribution in [3.63, 3.8) is 0 Å². The maximum Gasteiger partial charge on any atom is 0.331 e. The number of phenolic OH excluding ortho intramolecular Hbond substituents is 1. The Bertz CT molecular complexity index is 1420. The van der Waals surface area contributed by atoms with E-state index in [1.54, 1.807) is 43.3 Å². The van der Waals surface area contributed by atoms with Crippen LogP contribution < -0.4 is 20.7 Å². The third-order valence-electron chi connectivity index (χ3n) is 6.00. The highest BCUT2D eigenvalue weighted by molar-refractivity contribution is 6.04. The molecule has 0 fully saturated rings. The van der Waals surface area contributed by atoms with Crippen molar-refractivity contribution >= 4 is 11.6 Å². The Kier molecular flexibility index (Phi) is 6.82. The van der Waals surface area contributed by atoms with Gasteiger partial charge in [-0.3, -0.25) is 19.1 Å². The SMILES string of the molecule is CCC(=O)N1N=C(c2c(O)n(Cc3ccccc3)c(=O)[nH]c2=O)C[C@H]1c1cc(OC)c(O)c(OC)c1. The molecule has 3 aromatic rings. The summed E-state index contributed by atoms with van der Waals surface area (Å²) in [5.41, 5.74) is -0.366. The molecule has 0 saturated carbocycles. The van der Waals surface area contributed by atoms with Crippen LogP contribution in [0, 0.1) is 0 Å². The molecule has 1 aromatic heterocycles. The van der Waals surface area contributed by atoms with Crippen LogP contribution in [0.4, 0.5) is 0 Å². The number of hydrogen-bond acceptors (Lipinski definition) is 8. The first-order valence-electron chi connectivity index (χ1n) is 11.2. The van der Waals surface area contributed by atoms with Gasteiger partial charge in [0.05, 0.1) is 32.5 Å². The highest BCUT2D eigenvalue weighted by atomic mass is 16.5. The molecular weight excluding hydrogens is 468 g/mol. The lowest BCUT2D eigenvalue weighted by molar-refractivity contribution is -0.132. The van der Waals surface area contributed by atoms with Gasteiger partial charge in [0.25, 0.3) is 5.56 Å². The maximum absolute atomic E-state index is 12.8. The number of nitrogens with one attached hydrogen (secondary N) is 1. The van der Waals surface area contributed by atoms with E-state index in [1.807, 2.05) is 6.07 Å². The molecular formula is C25H26N4O7. The largest absolute Gasteiger partial charge is 0.502 e. The van der Waals surface area contributed by atoms with Gasteiger partial charge in [0.15, 0.2) is 11.5 Å². The summed E-state index contributed by atoms with van der Waals surface area (Å²) in [6, 6.07) is 11.4. The summed E-state index contributed by atoms with van der Waals surface area (Å²) in [4.78, 5) is 40.3. The smallest absolute Gasteiger partial charge is 0.331 e. The molecule has 36 heavy (non-hydrogen) atoms. The zero-order chi connectivity index (χ0) is 26.0. The minimum Gasteiger partial charge on any atom is -0.502 e. The van der Waals surface area contributed by atoms with Gasteiger partial charge in [-0.25, -0.2) is 9.80 Å². The average molecular weight is 495 g/mol. The summed E-state index contributed by atoms with van der Waals surface area (Å²) < 4.78 is 11.5. The summed E-state index contributed by atoms with van der Waals surface area (Å²) >= 11 is 0. The van der Waals surface area contributed by atoms with Gasteiger partial charge in [0, 0.05) is 12.8 Å². The average Bonchev–Trinajstić information content (AvgIpc) is 3.31. The van der Waals surface area contributed by atoms with E-state index < -0.39 is 23.2 Å². The lowest BCUT2D eigenvalue weighted by atomic mass is 9.98. The van der Waals surface area contributed by atoms with Crippen LogP contribution in [-0.2, 0) is 11.3 Å². The van der Waals surface area contributed by atoms with Gasteiger partial charge in [0.2, 0.25) is 17.5 Å². The first kappa shape index (κ1) is 24.6. The van der Waals surface area contributed by atoms with E-state index >= 15 is 0 Å². The number of methoxy groups -OCH3 is 2. The van der Waals surface area contributed by atoms with Crippen molar-refractivity contribution in [3.8, 4) is 23.1 Å². The summed E-state index contributed by atoms with van der Waals surface area (Å²) in [6.45, 7) is 1.70. The third-order valence-corrected chi connectivity index (χ3v) is 6.00. The minimum atomic E-state index is -0.814. The monoisotopic (exact) mass is 494 g/mol. The second-order valence-corrected chi connectivity index (χ2v) is 8.16. The van der Waals surface area contributed by atoms with Gasteiger partial charge in [-0.2, -0.15) is 5.10 Å². The van der Waals surface area contributed by atoms with Crippen LogP contribution in [0.1, 0.15) is 42.5 Å². The summed E-state index contributed by atoms with van der Waals surface area (Å²) in [7, 11) is 2.77. The van der Waals surface area contributed by atoms with E-state index in [4.69, 9.17) is 9.47 Å². The second kappa shape index (κ2) is 9.98. The molecule has 1 aliphatic rings. The summed E-state index contributed by atoms with van der Waals surface area (Å²) in [6.07, 6.45) is 0.193. The van der Waals surface area contributed by atoms with E-state index in [0.29, 0.717) is 5.56 Å². The number of hydrogen-bond donors (Lipinski definition) is 3. The van der Waals surface area contributed by atoms with Crippen molar-refractivity contribution < 1.29 is 24.5 Å². The van der Waals surface area contributed by atoms with Crippen LogP contribution in [-0.4, -0.2) is 50.6 Å². The zero-order valence-electron chi connectivity index (χ0n) is 20.0. The molecule has 2 aromatic carbocycles. The Labute approximate surface area is 205 Å². The second-order valence-electron chi connectivity index (χ2n) is 8.16. The number of ether oxygens (including phenoxy) is 2. The molecule has 11 nitrogen and oxygen atoms in total. The van der Waals surface area contributed by atoms with Gasteiger partial charge >= 0.3 is 5.69 Å². The molecule has 1 atom stereocenters. The molecule has 4 rings (SSSR count). The molecule has 0 aliphatic carbocycles. The van der Waals surface area contributed by atoms with Crippen molar-refractivity contribution in [2.75, 3.05) is 14.2 Å². The van der Waals surface area contributed by atoms with E-state index in [-0.39, 0.29) is 53.8 Å². The fourth-order valence-corrected chi connectivity index (χ4v) is 4.15. The van der Waals surface area contributed by atoms with Crippen LogP contribution in [0.3, 0.4) is 0 Å². The van der Waals surface area contributed by atoms with Crippen LogP contribution in [0.5, 0.6) is 23.1 Å². The Morgan fingerprint density at radius 2 is 1.75 bits per heavy atom. The Hall–Kier alpha value is -4.54. The fourth-order valence-electron chi connectivity index (χ4n) is 4.15. The number of amides is 1. The molecule has 0 radical (unpaired) electrons. The van der Waals surface area contributed by atoms with Gasteiger partial charge in [-0.05, 0) is 23.3 Å². The molecule has 188 valence electrons. The lowest BCUT2D eigenvalue weighted by Crippen LogP contribution is -2.34. The standard InChI is InChI=1S/C25H26N4O7/c1-4-20(30)29-17(15-10-18(35-2)22(31)19(11-15)36-3)12-16(27-29)21-23(32)26-25(34)28(24(21)33)13-14-8-6-5-7-9-14/h5-11,17,31,33H,4,12-13H2,1-3H3,(H,26,32,34)/t17-/m0/s1. The number of carbonyl (C=O) groups excluding carboxylic acids is 1. The van der Waals surface area contributed by atoms with E-state index in [0.717, 1.165) is 10.1 Å². The number of H-pyrrole nitrogens is 1. The fraction of sp³-hybridized carbons (Fsp3) is 0.280. The van der Waals surface area contributed by atoms with Gasteiger partial charge < -0.3 is 19.7 Å². The maximum atomic E-state index is 12.8. The van der Waals surface area contributed by atoms with Crippen LogP contribution in [0.25, 0.3) is 0 Å². The number of aromatic nitrogens is 2. The number of aromatic amines is 1. The highest BCUT2D eigenvalue weighted by Crippen LogP contribution is 2.42. The van der Waals surface area contributed by atoms with Gasteiger partial charge in [-0.1, -0.05) is 37.3 Å². The number of carbonyl (C=O) groups is 1. The molecule has 3 N–H and O–H groups in total.